The molecular formula is C13H16BrN5O. The largest absolute Gasteiger partial charge is 0.340 e. The van der Waals surface area contributed by atoms with Gasteiger partial charge in [0.1, 0.15) is 5.69 Å². The molecule has 0 fully saturated rings. The molecule has 0 aliphatic rings. The van der Waals surface area contributed by atoms with Crippen molar-refractivity contribution in [2.45, 2.75) is 33.7 Å². The molecule has 2 aromatic heterocycles. The van der Waals surface area contributed by atoms with E-state index in [-0.39, 0.29) is 17.9 Å². The van der Waals surface area contributed by atoms with Crippen molar-refractivity contribution in [1.29, 1.82) is 0 Å². The first-order chi connectivity index (χ1) is 9.38. The lowest BCUT2D eigenvalue weighted by Gasteiger charge is -2.12. The van der Waals surface area contributed by atoms with Crippen LogP contribution >= 0.6 is 15.9 Å². The van der Waals surface area contributed by atoms with E-state index in [0.717, 1.165) is 15.9 Å². The molecule has 0 aromatic carbocycles. The standard InChI is InChI=1S/C13H16BrN5O/c1-7(2)19-6-10(14)5-11(19)12(20)16-13-15-8(3)9(4)17-18-13/h5-7H,1-4H3,(H,15,16,18,20). The molecule has 6 nitrogen and oxygen atoms in total. The van der Waals surface area contributed by atoms with Crippen molar-refractivity contribution in [3.63, 3.8) is 0 Å². The van der Waals surface area contributed by atoms with Gasteiger partial charge in [-0.05, 0) is 49.7 Å². The van der Waals surface area contributed by atoms with E-state index in [9.17, 15) is 4.79 Å². The maximum Gasteiger partial charge on any atom is 0.274 e. The van der Waals surface area contributed by atoms with E-state index < -0.39 is 0 Å². The van der Waals surface area contributed by atoms with Crippen LogP contribution in [0, 0.1) is 13.8 Å². The van der Waals surface area contributed by atoms with Crippen molar-refractivity contribution in [3.05, 3.63) is 33.8 Å². The van der Waals surface area contributed by atoms with Crippen LogP contribution in [0.25, 0.3) is 0 Å². The lowest BCUT2D eigenvalue weighted by molar-refractivity contribution is 0.101. The third-order valence-corrected chi connectivity index (χ3v) is 3.36. The van der Waals surface area contributed by atoms with Gasteiger partial charge in [0.2, 0.25) is 5.95 Å². The third-order valence-electron chi connectivity index (χ3n) is 2.92. The molecule has 1 amide bonds. The van der Waals surface area contributed by atoms with Crippen molar-refractivity contribution in [2.24, 2.45) is 0 Å². The van der Waals surface area contributed by atoms with Gasteiger partial charge in [-0.15, -0.1) is 5.10 Å². The van der Waals surface area contributed by atoms with E-state index in [1.54, 1.807) is 6.07 Å². The lowest BCUT2D eigenvalue weighted by Crippen LogP contribution is -2.19. The average molecular weight is 338 g/mol. The van der Waals surface area contributed by atoms with Crippen LogP contribution in [-0.2, 0) is 0 Å². The molecule has 106 valence electrons. The molecule has 0 bridgehead atoms. The Kier molecular flexibility index (Phi) is 4.17. The van der Waals surface area contributed by atoms with Gasteiger partial charge in [0.05, 0.1) is 11.4 Å². The average Bonchev–Trinajstić information content (AvgIpc) is 2.76. The van der Waals surface area contributed by atoms with Crippen LogP contribution in [0.15, 0.2) is 16.7 Å². The Balaban J connectivity index is 2.26. The molecule has 0 aliphatic carbocycles. The molecular weight excluding hydrogens is 322 g/mol. The Morgan fingerprint density at radius 1 is 1.30 bits per heavy atom. The van der Waals surface area contributed by atoms with E-state index in [1.165, 1.54) is 0 Å². The van der Waals surface area contributed by atoms with Crippen molar-refractivity contribution < 1.29 is 4.79 Å². The predicted octanol–water partition coefficient (Wildman–Crippen LogP) is 2.89. The number of aryl methyl sites for hydroxylation is 2. The number of nitrogens with zero attached hydrogens (tertiary/aromatic N) is 4. The number of nitrogens with one attached hydrogen (secondary N) is 1. The number of anilines is 1. The number of carbonyl (C=O) groups excluding carboxylic acids is 1. The zero-order chi connectivity index (χ0) is 14.9. The Labute approximate surface area is 125 Å². The van der Waals surface area contributed by atoms with Gasteiger partial charge in [-0.3, -0.25) is 10.1 Å². The highest BCUT2D eigenvalue weighted by Crippen LogP contribution is 2.20. The minimum absolute atomic E-state index is 0.181. The summed E-state index contributed by atoms with van der Waals surface area (Å²) in [5.74, 6) is -0.0415. The molecule has 0 spiro atoms. The van der Waals surface area contributed by atoms with E-state index in [4.69, 9.17) is 0 Å². The highest BCUT2D eigenvalue weighted by atomic mass is 79.9. The summed E-state index contributed by atoms with van der Waals surface area (Å²) in [6, 6.07) is 1.95. The molecule has 0 unspecified atom stereocenters. The van der Waals surface area contributed by atoms with Gasteiger partial charge in [-0.1, -0.05) is 0 Å². The summed E-state index contributed by atoms with van der Waals surface area (Å²) in [4.78, 5) is 16.5. The Morgan fingerprint density at radius 3 is 2.60 bits per heavy atom. The molecule has 7 heteroatoms. The van der Waals surface area contributed by atoms with E-state index in [1.807, 2.05) is 38.5 Å². The maximum absolute atomic E-state index is 12.3. The predicted molar refractivity (Wildman–Crippen MR) is 79.8 cm³/mol. The minimum Gasteiger partial charge on any atom is -0.340 e. The molecule has 2 rings (SSSR count). The van der Waals surface area contributed by atoms with Crippen molar-refractivity contribution in [2.75, 3.05) is 5.32 Å². The van der Waals surface area contributed by atoms with Crippen LogP contribution in [0.4, 0.5) is 5.95 Å². The minimum atomic E-state index is -0.255. The van der Waals surface area contributed by atoms with Gasteiger partial charge < -0.3 is 4.57 Å². The SMILES string of the molecule is Cc1nnc(NC(=O)c2cc(Br)cn2C(C)C)nc1C. The van der Waals surface area contributed by atoms with Gasteiger partial charge >= 0.3 is 0 Å². The number of halogens is 1. The second kappa shape index (κ2) is 5.70. The third kappa shape index (κ3) is 3.04. The number of aromatic nitrogens is 4. The van der Waals surface area contributed by atoms with Crippen LogP contribution in [0.1, 0.15) is 41.8 Å². The molecule has 0 aliphatic heterocycles. The summed E-state index contributed by atoms with van der Waals surface area (Å²) in [5, 5.41) is 10.5. The molecule has 0 saturated heterocycles. The molecule has 0 radical (unpaired) electrons. The van der Waals surface area contributed by atoms with E-state index in [0.29, 0.717) is 5.69 Å². The zero-order valence-electron chi connectivity index (χ0n) is 11.8. The molecule has 20 heavy (non-hydrogen) atoms. The number of hydrogen-bond acceptors (Lipinski definition) is 4. The fraction of sp³-hybridized carbons (Fsp3) is 0.385. The molecule has 2 heterocycles. The summed E-state index contributed by atoms with van der Waals surface area (Å²) in [5.41, 5.74) is 2.04. The number of hydrogen-bond donors (Lipinski definition) is 1. The van der Waals surface area contributed by atoms with Gasteiger partial charge in [-0.25, -0.2) is 4.98 Å². The van der Waals surface area contributed by atoms with Crippen molar-refractivity contribution >= 4 is 27.8 Å². The zero-order valence-corrected chi connectivity index (χ0v) is 13.4. The fourth-order valence-corrected chi connectivity index (χ4v) is 2.17. The summed E-state index contributed by atoms with van der Waals surface area (Å²) in [7, 11) is 0. The Morgan fingerprint density at radius 2 is 2.00 bits per heavy atom. The highest BCUT2D eigenvalue weighted by molar-refractivity contribution is 9.10. The Bertz CT molecular complexity index is 650. The highest BCUT2D eigenvalue weighted by Gasteiger charge is 2.16. The smallest absolute Gasteiger partial charge is 0.274 e. The number of rotatable bonds is 3. The summed E-state index contributed by atoms with van der Waals surface area (Å²) >= 11 is 3.38. The number of carbonyl (C=O) groups is 1. The fourth-order valence-electron chi connectivity index (χ4n) is 1.73. The van der Waals surface area contributed by atoms with Gasteiger partial charge in [0, 0.05) is 16.7 Å². The monoisotopic (exact) mass is 337 g/mol. The second-order valence-corrected chi connectivity index (χ2v) is 5.72. The molecule has 2 aromatic rings. The first-order valence-corrected chi connectivity index (χ1v) is 7.04. The van der Waals surface area contributed by atoms with Gasteiger partial charge in [-0.2, -0.15) is 5.10 Å². The van der Waals surface area contributed by atoms with Gasteiger partial charge in [0.15, 0.2) is 0 Å². The molecule has 0 saturated carbocycles. The van der Waals surface area contributed by atoms with Crippen LogP contribution in [-0.4, -0.2) is 25.7 Å². The van der Waals surface area contributed by atoms with Crippen molar-refractivity contribution in [3.8, 4) is 0 Å². The van der Waals surface area contributed by atoms with Crippen LogP contribution in [0.5, 0.6) is 0 Å². The van der Waals surface area contributed by atoms with E-state index in [2.05, 4.69) is 36.4 Å². The summed E-state index contributed by atoms with van der Waals surface area (Å²) in [6.07, 6.45) is 1.87. The quantitative estimate of drug-likeness (QED) is 0.934. The van der Waals surface area contributed by atoms with Crippen LogP contribution in [0.2, 0.25) is 0 Å². The second-order valence-electron chi connectivity index (χ2n) is 4.80. The first kappa shape index (κ1) is 14.6. The maximum atomic E-state index is 12.3. The normalized spacial score (nSPS) is 10.9. The summed E-state index contributed by atoms with van der Waals surface area (Å²) < 4.78 is 2.74. The molecule has 0 atom stereocenters. The van der Waals surface area contributed by atoms with Crippen molar-refractivity contribution in [1.82, 2.24) is 19.7 Å². The summed E-state index contributed by atoms with van der Waals surface area (Å²) in [6.45, 7) is 7.67. The van der Waals surface area contributed by atoms with Crippen LogP contribution < -0.4 is 5.32 Å². The first-order valence-electron chi connectivity index (χ1n) is 6.25. The molecule has 1 N–H and O–H groups in total. The Hall–Kier alpha value is -1.76. The topological polar surface area (TPSA) is 72.7 Å². The number of amides is 1. The van der Waals surface area contributed by atoms with Gasteiger partial charge in [0.25, 0.3) is 5.91 Å². The van der Waals surface area contributed by atoms with E-state index >= 15 is 0 Å². The lowest BCUT2D eigenvalue weighted by atomic mass is 10.3. The van der Waals surface area contributed by atoms with Crippen LogP contribution in [0.3, 0.4) is 0 Å².